The molecule has 2 aromatic rings. The van der Waals surface area contributed by atoms with Crippen LogP contribution in [0.2, 0.25) is 5.02 Å². The van der Waals surface area contributed by atoms with Crippen molar-refractivity contribution in [3.63, 3.8) is 0 Å². The van der Waals surface area contributed by atoms with E-state index in [0.717, 1.165) is 24.3 Å². The summed E-state index contributed by atoms with van der Waals surface area (Å²) in [6.45, 7) is 0. The molecule has 0 saturated carbocycles. The number of hydrazone groups is 1. The molecule has 0 spiro atoms. The number of hydrogen-bond donors (Lipinski definition) is 1. The standard InChI is InChI=1S/C14H8ClF3N4O4/c15-9-3-1-8(2-4-9)13(14(16,17)18)20-19-11-6-5-10(21(23)24)7-12(11)22(25)26/h1-7,19H. The molecule has 26 heavy (non-hydrogen) atoms. The molecule has 2 rings (SSSR count). The zero-order valence-electron chi connectivity index (χ0n) is 12.5. The van der Waals surface area contributed by atoms with Crippen molar-refractivity contribution in [1.82, 2.24) is 0 Å². The van der Waals surface area contributed by atoms with Crippen molar-refractivity contribution in [3.8, 4) is 0 Å². The third-order valence-electron chi connectivity index (χ3n) is 3.06. The summed E-state index contributed by atoms with van der Waals surface area (Å²) in [6, 6.07) is 7.05. The quantitative estimate of drug-likeness (QED) is 0.459. The number of alkyl halides is 3. The molecular formula is C14H8ClF3N4O4. The summed E-state index contributed by atoms with van der Waals surface area (Å²) in [4.78, 5) is 19.8. The largest absolute Gasteiger partial charge is 0.435 e. The van der Waals surface area contributed by atoms with Gasteiger partial charge in [0.25, 0.3) is 5.69 Å². The Balaban J connectivity index is 2.45. The number of benzene rings is 2. The summed E-state index contributed by atoms with van der Waals surface area (Å²) < 4.78 is 39.6. The van der Waals surface area contributed by atoms with Gasteiger partial charge in [0.05, 0.1) is 15.9 Å². The van der Waals surface area contributed by atoms with Crippen LogP contribution in [0.5, 0.6) is 0 Å². The van der Waals surface area contributed by atoms with Gasteiger partial charge in [-0.3, -0.25) is 25.7 Å². The van der Waals surface area contributed by atoms with Crippen molar-refractivity contribution in [1.29, 1.82) is 0 Å². The lowest BCUT2D eigenvalue weighted by molar-refractivity contribution is -0.393. The van der Waals surface area contributed by atoms with Crippen molar-refractivity contribution < 1.29 is 23.0 Å². The van der Waals surface area contributed by atoms with Gasteiger partial charge in [0.2, 0.25) is 0 Å². The predicted octanol–water partition coefficient (Wildman–Crippen LogP) is 4.53. The molecule has 0 unspecified atom stereocenters. The molecule has 0 radical (unpaired) electrons. The summed E-state index contributed by atoms with van der Waals surface area (Å²) in [5.74, 6) is 0. The van der Waals surface area contributed by atoms with Crippen LogP contribution in [0.1, 0.15) is 5.56 Å². The SMILES string of the molecule is O=[N+]([O-])c1ccc(NN=C(c2ccc(Cl)cc2)C(F)(F)F)c([N+](=O)[O-])c1. The lowest BCUT2D eigenvalue weighted by atomic mass is 10.1. The maximum atomic E-state index is 13.2. The number of nitro groups is 2. The first kappa shape index (κ1) is 19.1. The molecule has 1 N–H and O–H groups in total. The molecule has 0 aromatic heterocycles. The predicted molar refractivity (Wildman–Crippen MR) is 87.4 cm³/mol. The van der Waals surface area contributed by atoms with Crippen LogP contribution in [0.15, 0.2) is 47.6 Å². The van der Waals surface area contributed by atoms with Gasteiger partial charge in [-0.2, -0.15) is 18.3 Å². The highest BCUT2D eigenvalue weighted by molar-refractivity contribution is 6.30. The van der Waals surface area contributed by atoms with Gasteiger partial charge in [0.15, 0.2) is 5.71 Å². The summed E-state index contributed by atoms with van der Waals surface area (Å²) in [5.41, 5.74) is -1.52. The summed E-state index contributed by atoms with van der Waals surface area (Å²) in [6.07, 6.45) is -4.86. The Bertz CT molecular complexity index is 885. The Kier molecular flexibility index (Phi) is 5.41. The molecule has 8 nitrogen and oxygen atoms in total. The first-order valence-corrected chi connectivity index (χ1v) is 7.07. The third kappa shape index (κ3) is 4.45. The van der Waals surface area contributed by atoms with Gasteiger partial charge in [0, 0.05) is 16.7 Å². The minimum Gasteiger partial charge on any atom is -0.271 e. The van der Waals surface area contributed by atoms with Crippen LogP contribution >= 0.6 is 11.6 Å². The molecule has 0 fully saturated rings. The molecule has 0 aliphatic carbocycles. The molecule has 0 atom stereocenters. The first-order chi connectivity index (χ1) is 12.1. The second-order valence-corrected chi connectivity index (χ2v) is 5.23. The second-order valence-electron chi connectivity index (χ2n) is 4.79. The zero-order chi connectivity index (χ0) is 19.5. The van der Waals surface area contributed by atoms with E-state index in [9.17, 15) is 33.4 Å². The van der Waals surface area contributed by atoms with Gasteiger partial charge in [-0.05, 0) is 18.2 Å². The number of halogens is 4. The summed E-state index contributed by atoms with van der Waals surface area (Å²) in [7, 11) is 0. The highest BCUT2D eigenvalue weighted by Crippen LogP contribution is 2.30. The van der Waals surface area contributed by atoms with E-state index in [-0.39, 0.29) is 10.6 Å². The van der Waals surface area contributed by atoms with E-state index in [2.05, 4.69) is 5.10 Å². The average molecular weight is 389 g/mol. The Labute approximate surface area is 148 Å². The Hall–Kier alpha value is -3.21. The van der Waals surface area contributed by atoms with E-state index in [0.29, 0.717) is 6.07 Å². The minimum absolute atomic E-state index is 0.217. The van der Waals surface area contributed by atoms with Gasteiger partial charge in [0.1, 0.15) is 5.69 Å². The van der Waals surface area contributed by atoms with Gasteiger partial charge in [-0.15, -0.1) is 0 Å². The molecule has 0 aliphatic heterocycles. The van der Waals surface area contributed by atoms with Crippen molar-refractivity contribution in [2.75, 3.05) is 5.43 Å². The molecular weight excluding hydrogens is 381 g/mol. The lowest BCUT2D eigenvalue weighted by Crippen LogP contribution is -2.25. The van der Waals surface area contributed by atoms with E-state index >= 15 is 0 Å². The first-order valence-electron chi connectivity index (χ1n) is 6.69. The average Bonchev–Trinajstić information content (AvgIpc) is 2.55. The maximum Gasteiger partial charge on any atom is 0.435 e. The Morgan fingerprint density at radius 2 is 1.65 bits per heavy atom. The second kappa shape index (κ2) is 7.35. The van der Waals surface area contributed by atoms with Gasteiger partial charge >= 0.3 is 11.9 Å². The van der Waals surface area contributed by atoms with Crippen LogP contribution in [-0.2, 0) is 0 Å². The normalized spacial score (nSPS) is 11.9. The van der Waals surface area contributed by atoms with Crippen LogP contribution in [0.4, 0.5) is 30.2 Å². The monoisotopic (exact) mass is 388 g/mol. The minimum atomic E-state index is -4.86. The number of nitro benzene ring substituents is 2. The van der Waals surface area contributed by atoms with E-state index in [1.807, 2.05) is 5.43 Å². The van der Waals surface area contributed by atoms with Crippen LogP contribution in [0, 0.1) is 20.2 Å². The third-order valence-corrected chi connectivity index (χ3v) is 3.32. The van der Waals surface area contributed by atoms with E-state index < -0.39 is 38.8 Å². The van der Waals surface area contributed by atoms with Gasteiger partial charge < -0.3 is 0 Å². The summed E-state index contributed by atoms with van der Waals surface area (Å²) in [5, 5.41) is 25.1. The van der Waals surface area contributed by atoms with Crippen LogP contribution < -0.4 is 5.43 Å². The zero-order valence-corrected chi connectivity index (χ0v) is 13.3. The number of nitrogens with one attached hydrogen (secondary N) is 1. The Morgan fingerprint density at radius 3 is 2.15 bits per heavy atom. The number of anilines is 1. The molecule has 2 aromatic carbocycles. The highest BCUT2D eigenvalue weighted by atomic mass is 35.5. The maximum absolute atomic E-state index is 13.2. The fraction of sp³-hybridized carbons (Fsp3) is 0.0714. The van der Waals surface area contributed by atoms with Crippen molar-refractivity contribution in [3.05, 3.63) is 73.3 Å². The molecule has 0 bridgehead atoms. The van der Waals surface area contributed by atoms with Gasteiger partial charge in [-0.25, -0.2) is 0 Å². The van der Waals surface area contributed by atoms with E-state index in [1.54, 1.807) is 0 Å². The van der Waals surface area contributed by atoms with E-state index in [4.69, 9.17) is 11.6 Å². The highest BCUT2D eigenvalue weighted by Gasteiger charge is 2.37. The van der Waals surface area contributed by atoms with Crippen molar-refractivity contribution >= 4 is 34.4 Å². The molecule has 0 amide bonds. The van der Waals surface area contributed by atoms with Crippen LogP contribution in [0.3, 0.4) is 0 Å². The number of hydrogen-bond acceptors (Lipinski definition) is 6. The lowest BCUT2D eigenvalue weighted by Gasteiger charge is -2.11. The molecule has 0 saturated heterocycles. The van der Waals surface area contributed by atoms with Crippen LogP contribution in [0.25, 0.3) is 0 Å². The summed E-state index contributed by atoms with van der Waals surface area (Å²) >= 11 is 5.63. The topological polar surface area (TPSA) is 111 Å². The number of non-ortho nitro benzene ring substituents is 1. The fourth-order valence-electron chi connectivity index (χ4n) is 1.89. The van der Waals surface area contributed by atoms with Gasteiger partial charge in [-0.1, -0.05) is 23.7 Å². The molecule has 0 heterocycles. The van der Waals surface area contributed by atoms with Crippen LogP contribution in [-0.4, -0.2) is 21.7 Å². The fourth-order valence-corrected chi connectivity index (χ4v) is 2.02. The molecule has 136 valence electrons. The van der Waals surface area contributed by atoms with Crippen molar-refractivity contribution in [2.24, 2.45) is 5.10 Å². The smallest absolute Gasteiger partial charge is 0.271 e. The van der Waals surface area contributed by atoms with E-state index in [1.165, 1.54) is 12.1 Å². The molecule has 0 aliphatic rings. The number of rotatable bonds is 5. The molecule has 12 heteroatoms. The Morgan fingerprint density at radius 1 is 1.04 bits per heavy atom. The number of nitrogens with zero attached hydrogens (tertiary/aromatic N) is 3. The van der Waals surface area contributed by atoms with Crippen molar-refractivity contribution in [2.45, 2.75) is 6.18 Å².